The molecule has 2 aliphatic carbocycles. The lowest BCUT2D eigenvalue weighted by Crippen LogP contribution is -2.59. The van der Waals surface area contributed by atoms with E-state index < -0.39 is 0 Å². The smallest absolute Gasteiger partial charge is 0.252 e. The van der Waals surface area contributed by atoms with Gasteiger partial charge in [0.1, 0.15) is 0 Å². The summed E-state index contributed by atoms with van der Waals surface area (Å²) in [5, 5.41) is 5.53. The van der Waals surface area contributed by atoms with Crippen LogP contribution in [0.1, 0.15) is 193 Å². The van der Waals surface area contributed by atoms with Crippen molar-refractivity contribution in [3.8, 4) is 89.8 Å². The number of aromatic nitrogens is 4. The lowest BCUT2D eigenvalue weighted by molar-refractivity contribution is 0.445. The minimum absolute atomic E-state index is 0.0931. The third-order valence-corrected chi connectivity index (χ3v) is 24.1. The van der Waals surface area contributed by atoms with Crippen LogP contribution in [0.25, 0.3) is 133 Å². The van der Waals surface area contributed by atoms with Crippen molar-refractivity contribution < 1.29 is 0 Å². The van der Waals surface area contributed by atoms with Gasteiger partial charge in [0.15, 0.2) is 5.82 Å². The summed E-state index contributed by atoms with van der Waals surface area (Å²) in [6.45, 7) is 28.0. The minimum atomic E-state index is -0.131. The number of benzene rings is 11. The second kappa shape index (κ2) is 24.4. The SMILES string of the molecule is CC(C)(C)c1cc(-c2cc(-c3cc4c5c(c3)-n3c6cc(-c7ccccc7)cc(-c7ccccc7)c6c6c(C7CCCCC7)ccc(c63)B5c3ccc(C5CCCCC5)c5c6c(-c7ccccc7)cc(-c7ccccc7)cc6n-4c35)nc(-c3cc(C(C)(C)C)cc(C(C)(C)C)c3)n2)cc(C(C)(C)C)c1. The molecule has 103 heavy (non-hydrogen) atoms. The molecule has 0 bridgehead atoms. The maximum Gasteiger partial charge on any atom is 0.252 e. The predicted octanol–water partition coefficient (Wildman–Crippen LogP) is 24.8. The van der Waals surface area contributed by atoms with Gasteiger partial charge in [0.2, 0.25) is 0 Å². The second-order valence-corrected chi connectivity index (χ2v) is 35.0. The first-order valence-corrected chi connectivity index (χ1v) is 38.5. The second-order valence-electron chi connectivity index (χ2n) is 35.0. The van der Waals surface area contributed by atoms with Crippen LogP contribution in [0.5, 0.6) is 0 Å². The van der Waals surface area contributed by atoms with Gasteiger partial charge in [0, 0.05) is 60.6 Å². The Morgan fingerprint density at radius 1 is 0.311 bits per heavy atom. The zero-order chi connectivity index (χ0) is 70.6. The highest BCUT2D eigenvalue weighted by molar-refractivity contribution is 7.00. The van der Waals surface area contributed by atoms with Crippen LogP contribution in [-0.4, -0.2) is 25.8 Å². The Hall–Kier alpha value is -9.84. The van der Waals surface area contributed by atoms with Gasteiger partial charge < -0.3 is 9.13 Å². The van der Waals surface area contributed by atoms with Gasteiger partial charge in [-0.2, -0.15) is 0 Å². The Balaban J connectivity index is 1.04. The molecule has 4 aliphatic rings. The largest absolute Gasteiger partial charge is 0.310 e. The van der Waals surface area contributed by atoms with Gasteiger partial charge in [-0.15, -0.1) is 0 Å². The van der Waals surface area contributed by atoms with Gasteiger partial charge in [-0.3, -0.25) is 0 Å². The van der Waals surface area contributed by atoms with Gasteiger partial charge in [0.25, 0.3) is 6.71 Å². The van der Waals surface area contributed by atoms with E-state index in [0.29, 0.717) is 11.8 Å². The van der Waals surface area contributed by atoms with Crippen LogP contribution in [-0.2, 0) is 21.7 Å². The van der Waals surface area contributed by atoms with Crippen LogP contribution < -0.4 is 16.4 Å². The third kappa shape index (κ3) is 11.1. The fourth-order valence-corrected chi connectivity index (χ4v) is 18.4. The number of rotatable bonds is 9. The van der Waals surface area contributed by atoms with Crippen molar-refractivity contribution in [3.63, 3.8) is 0 Å². The molecule has 0 spiro atoms. The van der Waals surface area contributed by atoms with Crippen molar-refractivity contribution in [3.05, 3.63) is 258 Å². The van der Waals surface area contributed by atoms with Gasteiger partial charge in [-0.05, 0) is 220 Å². The van der Waals surface area contributed by atoms with E-state index >= 15 is 0 Å². The summed E-state index contributed by atoms with van der Waals surface area (Å²) < 4.78 is 5.57. The topological polar surface area (TPSA) is 35.6 Å². The van der Waals surface area contributed by atoms with E-state index in [4.69, 9.17) is 9.97 Å². The number of fused-ring (bicyclic) bond motifs is 10. The van der Waals surface area contributed by atoms with E-state index in [1.54, 1.807) is 0 Å². The first kappa shape index (κ1) is 65.2. The van der Waals surface area contributed by atoms with E-state index in [9.17, 15) is 0 Å². The molecular weight excluding hydrogens is 1240 g/mol. The number of hydrogen-bond acceptors (Lipinski definition) is 2. The first-order chi connectivity index (χ1) is 49.6. The molecule has 0 N–H and O–H groups in total. The van der Waals surface area contributed by atoms with E-state index in [1.807, 2.05) is 0 Å². The van der Waals surface area contributed by atoms with Gasteiger partial charge in [-0.1, -0.05) is 279 Å². The van der Waals surface area contributed by atoms with Crippen LogP contribution in [0.2, 0.25) is 0 Å². The highest BCUT2D eigenvalue weighted by Gasteiger charge is 2.44. The molecule has 2 saturated carbocycles. The maximum absolute atomic E-state index is 6.07. The molecular formula is C98H95BN4. The van der Waals surface area contributed by atoms with E-state index in [2.05, 4.69) is 317 Å². The predicted molar refractivity (Wildman–Crippen MR) is 440 cm³/mol. The molecule has 0 unspecified atom stereocenters. The Morgan fingerprint density at radius 2 is 0.660 bits per heavy atom. The average molecular weight is 1340 g/mol. The summed E-state index contributed by atoms with van der Waals surface area (Å²) in [7, 11) is 0. The summed E-state index contributed by atoms with van der Waals surface area (Å²) in [4.78, 5) is 11.9. The van der Waals surface area contributed by atoms with Crippen molar-refractivity contribution in [2.45, 2.75) is 181 Å². The van der Waals surface area contributed by atoms with Crippen LogP contribution in [0.3, 0.4) is 0 Å². The van der Waals surface area contributed by atoms with Crippen molar-refractivity contribution in [2.24, 2.45) is 0 Å². The lowest BCUT2D eigenvalue weighted by Gasteiger charge is -2.35. The maximum atomic E-state index is 6.07. The summed E-state index contributed by atoms with van der Waals surface area (Å²) in [5.74, 6) is 1.62. The summed E-state index contributed by atoms with van der Waals surface area (Å²) >= 11 is 0. The first-order valence-electron chi connectivity index (χ1n) is 38.5. The summed E-state index contributed by atoms with van der Waals surface area (Å²) in [5.41, 5.74) is 34.3. The van der Waals surface area contributed by atoms with Crippen molar-refractivity contribution in [2.75, 3.05) is 0 Å². The number of nitrogens with zero attached hydrogens (tertiary/aromatic N) is 4. The molecule has 0 amide bonds. The Bertz CT molecular complexity index is 5300. The normalized spacial score (nSPS) is 15.1. The van der Waals surface area contributed by atoms with Crippen LogP contribution in [0, 0.1) is 0 Å². The average Bonchev–Trinajstić information content (AvgIpc) is 1.53. The molecule has 5 heterocycles. The summed E-state index contributed by atoms with van der Waals surface area (Å²) in [6.07, 6.45) is 12.4. The van der Waals surface area contributed by atoms with Crippen LogP contribution >= 0.6 is 0 Å². The minimum Gasteiger partial charge on any atom is -0.310 e. The highest BCUT2D eigenvalue weighted by atomic mass is 15.0. The van der Waals surface area contributed by atoms with Crippen LogP contribution in [0.15, 0.2) is 224 Å². The van der Waals surface area contributed by atoms with E-state index in [-0.39, 0.29) is 28.4 Å². The zero-order valence-corrected chi connectivity index (χ0v) is 62.5. The van der Waals surface area contributed by atoms with E-state index in [0.717, 1.165) is 33.9 Å². The molecule has 14 aromatic rings. The molecule has 510 valence electrons. The van der Waals surface area contributed by atoms with Crippen LogP contribution in [0.4, 0.5) is 0 Å². The van der Waals surface area contributed by atoms with Crippen molar-refractivity contribution >= 4 is 66.7 Å². The molecule has 4 nitrogen and oxygen atoms in total. The zero-order valence-electron chi connectivity index (χ0n) is 62.5. The summed E-state index contributed by atoms with van der Waals surface area (Å²) in [6, 6.07) is 87.7. The fourth-order valence-electron chi connectivity index (χ4n) is 18.4. The Kier molecular flexibility index (Phi) is 15.4. The molecule has 0 atom stereocenters. The molecule has 5 heteroatoms. The molecule has 0 radical (unpaired) electrons. The molecule has 2 aliphatic heterocycles. The molecule has 3 aromatic heterocycles. The lowest BCUT2D eigenvalue weighted by atomic mass is 9.34. The van der Waals surface area contributed by atoms with Gasteiger partial charge in [0.05, 0.1) is 22.4 Å². The molecule has 0 saturated heterocycles. The van der Waals surface area contributed by atoms with Gasteiger partial charge >= 0.3 is 0 Å². The van der Waals surface area contributed by atoms with Gasteiger partial charge in [-0.25, -0.2) is 9.97 Å². The van der Waals surface area contributed by atoms with E-state index in [1.165, 1.54) is 213 Å². The number of hydrogen-bond donors (Lipinski definition) is 0. The monoisotopic (exact) mass is 1340 g/mol. The molecule has 2 fully saturated rings. The quantitative estimate of drug-likeness (QED) is 0.135. The van der Waals surface area contributed by atoms with Crippen molar-refractivity contribution in [1.29, 1.82) is 0 Å². The third-order valence-electron chi connectivity index (χ3n) is 24.1. The van der Waals surface area contributed by atoms with Crippen molar-refractivity contribution in [1.82, 2.24) is 19.1 Å². The fraction of sp³-hybridized carbons (Fsp3) is 0.286. The standard InChI is InChI=1S/C98H95BN4/c1-95(2,3)71-47-68(48-72(57-71)96(4,5)6)81-59-82(101-94(100-81)70-49-73(97(7,8)9)58-74(50-70)98(10,11)12)69-55-85-91-86(56-69)103-84-54-67(61-33-21-14-22-34-61)52-78(65-41-29-18-30-42-65)88(84)90-76(63-37-25-16-26-38-63)44-46-80(93(90)103)99(91)79-45-43-75(62-35-23-15-24-36-62)89-87-77(64-39-27-17-28-40-64)51-66(60-31-19-13-20-32-60)53-83(87)102(85)92(79)89/h13-14,17-22,27-34,39-59,62-63H,15-16,23-26,35-38H2,1-12H3. The molecule has 18 rings (SSSR count). The Labute approximate surface area is 610 Å². The Morgan fingerprint density at radius 3 is 1.03 bits per heavy atom. The highest BCUT2D eigenvalue weighted by Crippen LogP contribution is 2.52. The molecule has 11 aromatic carbocycles.